The fraction of sp³-hybridized carbons (Fsp3) is 0.192. The van der Waals surface area contributed by atoms with E-state index in [-0.39, 0.29) is 35.5 Å². The number of hydrogen-bond acceptors (Lipinski definition) is 3. The van der Waals surface area contributed by atoms with E-state index < -0.39 is 17.1 Å². The van der Waals surface area contributed by atoms with Crippen molar-refractivity contribution >= 4 is 28.4 Å². The van der Waals surface area contributed by atoms with Crippen molar-refractivity contribution < 1.29 is 9.18 Å². The minimum Gasteiger partial charge on any atom is -0.353 e. The maximum absolute atomic E-state index is 14.5. The molecule has 0 unspecified atom stereocenters. The highest BCUT2D eigenvalue weighted by Gasteiger charge is 2.23. The second-order valence-corrected chi connectivity index (χ2v) is 8.82. The third-order valence-electron chi connectivity index (χ3n) is 5.93. The van der Waals surface area contributed by atoms with Crippen molar-refractivity contribution in [2.45, 2.75) is 31.8 Å². The minimum atomic E-state index is -0.609. The predicted octanol–water partition coefficient (Wildman–Crippen LogP) is 3.81. The van der Waals surface area contributed by atoms with Crippen LogP contribution in [0.1, 0.15) is 24.0 Å². The standard InChI is InChI=1S/C26H21ClFN3O3/c27-21-5-3-6-22(28)20(21)15-30-23-7-2-1-4-19(23)25(33)31(26(30)34)18-12-8-16(9-13-18)14-24(32)29-17-10-11-17/h1-9,12-13,17H,10-11,14-15H2,(H,29,32). The Labute approximate surface area is 199 Å². The van der Waals surface area contributed by atoms with Gasteiger partial charge in [0.1, 0.15) is 5.82 Å². The summed E-state index contributed by atoms with van der Waals surface area (Å²) in [6, 6.07) is 18.0. The molecule has 3 aromatic carbocycles. The molecular weight excluding hydrogens is 457 g/mol. The maximum Gasteiger partial charge on any atom is 0.336 e. The molecule has 34 heavy (non-hydrogen) atoms. The zero-order valence-corrected chi connectivity index (χ0v) is 18.9. The number of nitrogens with one attached hydrogen (secondary N) is 1. The number of hydrogen-bond donors (Lipinski definition) is 1. The zero-order valence-electron chi connectivity index (χ0n) is 18.1. The fourth-order valence-corrected chi connectivity index (χ4v) is 4.22. The Morgan fingerprint density at radius 3 is 2.44 bits per heavy atom. The van der Waals surface area contributed by atoms with Gasteiger partial charge in [-0.2, -0.15) is 0 Å². The fourth-order valence-electron chi connectivity index (χ4n) is 4.00. The van der Waals surface area contributed by atoms with Crippen LogP contribution in [0.15, 0.2) is 76.3 Å². The summed E-state index contributed by atoms with van der Waals surface area (Å²) >= 11 is 6.21. The zero-order chi connectivity index (χ0) is 23.8. The van der Waals surface area contributed by atoms with Crippen molar-refractivity contribution in [3.63, 3.8) is 0 Å². The number of amides is 1. The van der Waals surface area contributed by atoms with Crippen molar-refractivity contribution in [3.8, 4) is 5.69 Å². The molecule has 8 heteroatoms. The number of benzene rings is 3. The molecule has 1 aromatic heterocycles. The van der Waals surface area contributed by atoms with Gasteiger partial charge in [0.15, 0.2) is 0 Å². The Kier molecular flexibility index (Phi) is 5.79. The average Bonchev–Trinajstić information content (AvgIpc) is 3.63. The quantitative estimate of drug-likeness (QED) is 0.459. The van der Waals surface area contributed by atoms with Crippen LogP contribution in [0, 0.1) is 5.82 Å². The van der Waals surface area contributed by atoms with Crippen molar-refractivity contribution in [3.05, 3.63) is 110 Å². The van der Waals surface area contributed by atoms with Crippen molar-refractivity contribution in [2.75, 3.05) is 0 Å². The Balaban J connectivity index is 1.58. The SMILES string of the molecule is O=C(Cc1ccc(-n2c(=O)c3ccccc3n(Cc3c(F)cccc3Cl)c2=O)cc1)NC1CC1. The van der Waals surface area contributed by atoms with Crippen LogP contribution in [-0.2, 0) is 17.8 Å². The monoisotopic (exact) mass is 477 g/mol. The number of carbonyl (C=O) groups excluding carboxylic acids is 1. The van der Waals surface area contributed by atoms with E-state index in [0.717, 1.165) is 23.0 Å². The first-order valence-corrected chi connectivity index (χ1v) is 11.4. The first-order valence-electron chi connectivity index (χ1n) is 11.0. The molecule has 1 aliphatic carbocycles. The van der Waals surface area contributed by atoms with E-state index in [2.05, 4.69) is 5.32 Å². The van der Waals surface area contributed by atoms with Crippen LogP contribution in [0.5, 0.6) is 0 Å². The summed E-state index contributed by atoms with van der Waals surface area (Å²) in [5.41, 5.74) is 0.604. The number of nitrogens with zero attached hydrogens (tertiary/aromatic N) is 2. The lowest BCUT2D eigenvalue weighted by Gasteiger charge is -2.15. The summed E-state index contributed by atoms with van der Waals surface area (Å²) in [6.45, 7) is -0.134. The Bertz CT molecular complexity index is 1500. The molecule has 0 radical (unpaired) electrons. The molecule has 172 valence electrons. The van der Waals surface area contributed by atoms with Crippen LogP contribution in [0.3, 0.4) is 0 Å². The summed E-state index contributed by atoms with van der Waals surface area (Å²) < 4.78 is 16.9. The van der Waals surface area contributed by atoms with Gasteiger partial charge in [0, 0.05) is 16.6 Å². The largest absolute Gasteiger partial charge is 0.353 e. The van der Waals surface area contributed by atoms with Crippen LogP contribution in [0.4, 0.5) is 4.39 Å². The van der Waals surface area contributed by atoms with Crippen LogP contribution in [-0.4, -0.2) is 21.1 Å². The van der Waals surface area contributed by atoms with Gasteiger partial charge in [-0.1, -0.05) is 41.9 Å². The number of halogens is 2. The number of para-hydroxylation sites is 1. The summed E-state index contributed by atoms with van der Waals surface area (Å²) in [5.74, 6) is -0.586. The summed E-state index contributed by atoms with van der Waals surface area (Å²) in [5, 5.41) is 3.46. The lowest BCUT2D eigenvalue weighted by atomic mass is 10.1. The highest BCUT2D eigenvalue weighted by molar-refractivity contribution is 6.31. The molecule has 0 saturated heterocycles. The number of fused-ring (bicyclic) bond motifs is 1. The second-order valence-electron chi connectivity index (χ2n) is 8.41. The number of carbonyl (C=O) groups is 1. The van der Waals surface area contributed by atoms with E-state index in [1.807, 2.05) is 0 Å². The normalized spacial score (nSPS) is 13.2. The van der Waals surface area contributed by atoms with E-state index in [4.69, 9.17) is 11.6 Å². The van der Waals surface area contributed by atoms with Gasteiger partial charge < -0.3 is 5.32 Å². The molecule has 1 heterocycles. The molecule has 4 aromatic rings. The lowest BCUT2D eigenvalue weighted by molar-refractivity contribution is -0.120. The van der Waals surface area contributed by atoms with Gasteiger partial charge >= 0.3 is 5.69 Å². The van der Waals surface area contributed by atoms with Gasteiger partial charge in [-0.15, -0.1) is 0 Å². The molecule has 0 aliphatic heterocycles. The second kappa shape index (κ2) is 8.91. The maximum atomic E-state index is 14.5. The van der Waals surface area contributed by atoms with Gasteiger partial charge in [0.2, 0.25) is 5.91 Å². The van der Waals surface area contributed by atoms with Crippen molar-refractivity contribution in [2.24, 2.45) is 0 Å². The third kappa shape index (κ3) is 4.26. The van der Waals surface area contributed by atoms with E-state index in [1.165, 1.54) is 16.7 Å². The van der Waals surface area contributed by atoms with E-state index in [9.17, 15) is 18.8 Å². The van der Waals surface area contributed by atoms with E-state index in [1.54, 1.807) is 54.6 Å². The Morgan fingerprint density at radius 1 is 1.00 bits per heavy atom. The van der Waals surface area contributed by atoms with Gasteiger partial charge in [0.25, 0.3) is 5.56 Å². The predicted molar refractivity (Wildman–Crippen MR) is 129 cm³/mol. The Hall–Kier alpha value is -3.71. The van der Waals surface area contributed by atoms with Crippen LogP contribution >= 0.6 is 11.6 Å². The molecule has 1 N–H and O–H groups in total. The molecule has 5 rings (SSSR count). The average molecular weight is 478 g/mol. The molecule has 0 atom stereocenters. The van der Waals surface area contributed by atoms with E-state index >= 15 is 0 Å². The molecule has 1 saturated carbocycles. The van der Waals surface area contributed by atoms with Crippen molar-refractivity contribution in [1.29, 1.82) is 0 Å². The molecule has 1 amide bonds. The van der Waals surface area contributed by atoms with Crippen LogP contribution < -0.4 is 16.6 Å². The highest BCUT2D eigenvalue weighted by atomic mass is 35.5. The summed E-state index contributed by atoms with van der Waals surface area (Å²) in [4.78, 5) is 38.9. The smallest absolute Gasteiger partial charge is 0.336 e. The Morgan fingerprint density at radius 2 is 1.74 bits per heavy atom. The molecule has 1 fully saturated rings. The summed E-state index contributed by atoms with van der Waals surface area (Å²) in [7, 11) is 0. The molecule has 6 nitrogen and oxygen atoms in total. The first kappa shape index (κ1) is 22.1. The molecule has 1 aliphatic rings. The number of aromatic nitrogens is 2. The first-order chi connectivity index (χ1) is 16.4. The molecule has 0 spiro atoms. The highest BCUT2D eigenvalue weighted by Crippen LogP contribution is 2.21. The lowest BCUT2D eigenvalue weighted by Crippen LogP contribution is -2.39. The molecule has 0 bridgehead atoms. The summed E-state index contributed by atoms with van der Waals surface area (Å²) in [6.07, 6.45) is 2.25. The van der Waals surface area contributed by atoms with Gasteiger partial charge in [-0.05, 0) is 54.8 Å². The minimum absolute atomic E-state index is 0.0535. The third-order valence-corrected chi connectivity index (χ3v) is 6.28. The van der Waals surface area contributed by atoms with Gasteiger partial charge in [0.05, 0.1) is 29.6 Å². The van der Waals surface area contributed by atoms with Gasteiger partial charge in [-0.25, -0.2) is 13.8 Å². The number of rotatable bonds is 6. The topological polar surface area (TPSA) is 73.1 Å². The van der Waals surface area contributed by atoms with E-state index in [0.29, 0.717) is 16.6 Å². The van der Waals surface area contributed by atoms with Gasteiger partial charge in [-0.3, -0.25) is 14.2 Å². The molecular formula is C26H21ClFN3O3. The van der Waals surface area contributed by atoms with Crippen LogP contribution in [0.25, 0.3) is 16.6 Å². The van der Waals surface area contributed by atoms with Crippen molar-refractivity contribution in [1.82, 2.24) is 14.5 Å². The van der Waals surface area contributed by atoms with Crippen LogP contribution in [0.2, 0.25) is 5.02 Å².